The molecular formula is C17H17ClN2O5. The Labute approximate surface area is 149 Å². The fraction of sp³-hybridized carbons (Fsp3) is 0.235. The van der Waals surface area contributed by atoms with E-state index in [1.54, 1.807) is 31.2 Å². The highest BCUT2D eigenvalue weighted by atomic mass is 35.5. The van der Waals surface area contributed by atoms with Crippen molar-refractivity contribution >= 4 is 28.9 Å². The number of nitrogens with zero attached hydrogens (tertiary/aromatic N) is 1. The summed E-state index contributed by atoms with van der Waals surface area (Å²) < 4.78 is 10.9. The topological polar surface area (TPSA) is 90.7 Å². The van der Waals surface area contributed by atoms with Crippen LogP contribution < -0.4 is 14.8 Å². The molecule has 1 atom stereocenters. The molecule has 2 rings (SSSR count). The second-order valence-corrected chi connectivity index (χ2v) is 5.48. The highest BCUT2D eigenvalue weighted by Crippen LogP contribution is 2.29. The van der Waals surface area contributed by atoms with Gasteiger partial charge >= 0.3 is 0 Å². The predicted molar refractivity (Wildman–Crippen MR) is 94.4 cm³/mol. The number of amides is 1. The summed E-state index contributed by atoms with van der Waals surface area (Å²) in [6.45, 7) is 1.79. The largest absolute Gasteiger partial charge is 0.493 e. The summed E-state index contributed by atoms with van der Waals surface area (Å²) in [5.74, 6) is 0.468. The first-order chi connectivity index (χ1) is 12.0. The quantitative estimate of drug-likeness (QED) is 0.591. The molecule has 0 aliphatic carbocycles. The number of rotatable bonds is 7. The van der Waals surface area contributed by atoms with Crippen LogP contribution in [0.3, 0.4) is 0 Å². The fourth-order valence-corrected chi connectivity index (χ4v) is 2.29. The van der Waals surface area contributed by atoms with Gasteiger partial charge in [-0.25, -0.2) is 0 Å². The zero-order chi connectivity index (χ0) is 18.4. The number of carbonyl (C=O) groups is 1. The van der Waals surface area contributed by atoms with E-state index in [0.29, 0.717) is 17.9 Å². The lowest BCUT2D eigenvalue weighted by Crippen LogP contribution is -2.32. The SMILES string of the molecule is CCC(Oc1ccccc1OC)C(=O)Nc1cc([N+](=O)[O-])ccc1Cl. The first-order valence-corrected chi connectivity index (χ1v) is 7.88. The van der Waals surface area contributed by atoms with E-state index in [1.165, 1.54) is 25.3 Å². The molecule has 0 saturated carbocycles. The lowest BCUT2D eigenvalue weighted by atomic mass is 10.2. The van der Waals surface area contributed by atoms with Crippen LogP contribution in [0, 0.1) is 10.1 Å². The van der Waals surface area contributed by atoms with Crippen LogP contribution in [0.15, 0.2) is 42.5 Å². The maximum Gasteiger partial charge on any atom is 0.271 e. The van der Waals surface area contributed by atoms with E-state index >= 15 is 0 Å². The van der Waals surface area contributed by atoms with Crippen LogP contribution in [0.2, 0.25) is 5.02 Å². The van der Waals surface area contributed by atoms with Gasteiger partial charge in [-0.15, -0.1) is 0 Å². The van der Waals surface area contributed by atoms with Crippen LogP contribution in [0.5, 0.6) is 11.5 Å². The number of nitro groups is 1. The van der Waals surface area contributed by atoms with Gasteiger partial charge in [-0.2, -0.15) is 0 Å². The minimum atomic E-state index is -0.813. The maximum absolute atomic E-state index is 12.5. The van der Waals surface area contributed by atoms with Crippen LogP contribution in [0.4, 0.5) is 11.4 Å². The van der Waals surface area contributed by atoms with E-state index < -0.39 is 16.9 Å². The Hall–Kier alpha value is -2.80. The first-order valence-electron chi connectivity index (χ1n) is 7.50. The molecule has 8 heteroatoms. The van der Waals surface area contributed by atoms with Crippen molar-refractivity contribution in [2.75, 3.05) is 12.4 Å². The van der Waals surface area contributed by atoms with E-state index in [4.69, 9.17) is 21.1 Å². The fourth-order valence-electron chi connectivity index (χ4n) is 2.13. The third kappa shape index (κ3) is 4.60. The average Bonchev–Trinajstić information content (AvgIpc) is 2.61. The molecule has 1 unspecified atom stereocenters. The third-order valence-electron chi connectivity index (χ3n) is 3.42. The number of nitro benzene ring substituents is 1. The van der Waals surface area contributed by atoms with Gasteiger partial charge in [0.2, 0.25) is 0 Å². The molecule has 7 nitrogen and oxygen atoms in total. The molecule has 0 spiro atoms. The number of hydrogen-bond acceptors (Lipinski definition) is 5. The van der Waals surface area contributed by atoms with Crippen molar-refractivity contribution in [3.05, 3.63) is 57.6 Å². The summed E-state index contributed by atoms with van der Waals surface area (Å²) >= 11 is 6.00. The number of non-ortho nitro benzene ring substituents is 1. The van der Waals surface area contributed by atoms with Crippen LogP contribution in [-0.2, 0) is 4.79 Å². The average molecular weight is 365 g/mol. The summed E-state index contributed by atoms with van der Waals surface area (Å²) in [4.78, 5) is 22.8. The van der Waals surface area contributed by atoms with Crippen molar-refractivity contribution in [2.24, 2.45) is 0 Å². The molecule has 0 fully saturated rings. The number of hydrogen-bond donors (Lipinski definition) is 1. The van der Waals surface area contributed by atoms with Crippen molar-refractivity contribution in [3.63, 3.8) is 0 Å². The molecule has 0 aliphatic rings. The van der Waals surface area contributed by atoms with E-state index in [0.717, 1.165) is 0 Å². The molecule has 2 aromatic carbocycles. The zero-order valence-electron chi connectivity index (χ0n) is 13.7. The molecular weight excluding hydrogens is 348 g/mol. The summed E-state index contributed by atoms with van der Waals surface area (Å²) in [5.41, 5.74) is -0.0126. The molecule has 0 aromatic heterocycles. The van der Waals surface area contributed by atoms with Crippen molar-refractivity contribution in [1.82, 2.24) is 0 Å². The number of ether oxygens (including phenoxy) is 2. The molecule has 0 aliphatic heterocycles. The molecule has 0 heterocycles. The number of carbonyl (C=O) groups excluding carboxylic acids is 1. The van der Waals surface area contributed by atoms with Crippen molar-refractivity contribution in [3.8, 4) is 11.5 Å². The van der Waals surface area contributed by atoms with Gasteiger partial charge in [-0.1, -0.05) is 30.7 Å². The molecule has 0 bridgehead atoms. The van der Waals surface area contributed by atoms with Crippen molar-refractivity contribution in [2.45, 2.75) is 19.4 Å². The Morgan fingerprint density at radius 2 is 1.96 bits per heavy atom. The van der Waals surface area contributed by atoms with Crippen molar-refractivity contribution < 1.29 is 19.2 Å². The highest BCUT2D eigenvalue weighted by Gasteiger charge is 2.22. The van der Waals surface area contributed by atoms with E-state index in [1.807, 2.05) is 0 Å². The van der Waals surface area contributed by atoms with Gasteiger partial charge in [-0.3, -0.25) is 14.9 Å². The number of para-hydroxylation sites is 2. The monoisotopic (exact) mass is 364 g/mol. The van der Waals surface area contributed by atoms with Crippen LogP contribution in [-0.4, -0.2) is 24.0 Å². The number of anilines is 1. The van der Waals surface area contributed by atoms with Gasteiger partial charge in [-0.05, 0) is 24.6 Å². The lowest BCUT2D eigenvalue weighted by Gasteiger charge is -2.19. The van der Waals surface area contributed by atoms with Gasteiger partial charge in [0.05, 0.1) is 22.7 Å². The highest BCUT2D eigenvalue weighted by molar-refractivity contribution is 6.33. The minimum absolute atomic E-state index is 0.156. The summed E-state index contributed by atoms with van der Waals surface area (Å²) in [6, 6.07) is 10.8. The molecule has 1 amide bonds. The van der Waals surface area contributed by atoms with Crippen molar-refractivity contribution in [1.29, 1.82) is 0 Å². The Morgan fingerprint density at radius 1 is 1.28 bits per heavy atom. The molecule has 2 aromatic rings. The molecule has 0 radical (unpaired) electrons. The Bertz CT molecular complexity index is 781. The lowest BCUT2D eigenvalue weighted by molar-refractivity contribution is -0.384. The van der Waals surface area contributed by atoms with Crippen LogP contribution in [0.1, 0.15) is 13.3 Å². The molecule has 1 N–H and O–H groups in total. The Balaban J connectivity index is 2.18. The number of benzene rings is 2. The predicted octanol–water partition coefficient (Wildman–Crippen LogP) is 4.05. The van der Waals surface area contributed by atoms with Gasteiger partial charge in [0.25, 0.3) is 11.6 Å². The first kappa shape index (κ1) is 18.5. The Kier molecular flexibility index (Phi) is 6.19. The standard InChI is InChI=1S/C17H17ClN2O5/c1-3-14(25-16-7-5-4-6-15(16)24-2)17(21)19-13-10-11(20(22)23)8-9-12(13)18/h4-10,14H,3H2,1-2H3,(H,19,21). The maximum atomic E-state index is 12.5. The van der Waals surface area contributed by atoms with E-state index in [-0.39, 0.29) is 16.4 Å². The van der Waals surface area contributed by atoms with Crippen LogP contribution >= 0.6 is 11.6 Å². The number of nitrogens with one attached hydrogen (secondary N) is 1. The second-order valence-electron chi connectivity index (χ2n) is 5.08. The molecule has 0 saturated heterocycles. The number of halogens is 1. The normalized spacial score (nSPS) is 11.5. The summed E-state index contributed by atoms with van der Waals surface area (Å²) in [6.07, 6.45) is -0.428. The van der Waals surface area contributed by atoms with Crippen LogP contribution in [0.25, 0.3) is 0 Å². The molecule has 25 heavy (non-hydrogen) atoms. The minimum Gasteiger partial charge on any atom is -0.493 e. The smallest absolute Gasteiger partial charge is 0.271 e. The van der Waals surface area contributed by atoms with E-state index in [9.17, 15) is 14.9 Å². The number of methoxy groups -OCH3 is 1. The second kappa shape index (κ2) is 8.34. The third-order valence-corrected chi connectivity index (χ3v) is 3.75. The van der Waals surface area contributed by atoms with E-state index in [2.05, 4.69) is 5.32 Å². The van der Waals surface area contributed by atoms with Gasteiger partial charge in [0, 0.05) is 12.1 Å². The summed E-state index contributed by atoms with van der Waals surface area (Å²) in [5, 5.41) is 13.6. The summed E-state index contributed by atoms with van der Waals surface area (Å²) in [7, 11) is 1.51. The van der Waals surface area contributed by atoms with Gasteiger partial charge in [0.1, 0.15) is 0 Å². The zero-order valence-corrected chi connectivity index (χ0v) is 14.4. The van der Waals surface area contributed by atoms with Gasteiger partial charge in [0.15, 0.2) is 17.6 Å². The van der Waals surface area contributed by atoms with Gasteiger partial charge < -0.3 is 14.8 Å². The molecule has 132 valence electrons. The Morgan fingerprint density at radius 3 is 2.56 bits per heavy atom.